The van der Waals surface area contributed by atoms with Crippen molar-refractivity contribution in [3.63, 3.8) is 0 Å². The minimum Gasteiger partial charge on any atom is -0.481 e. The number of nitrogens with one attached hydrogen (secondary N) is 1. The highest BCUT2D eigenvalue weighted by Crippen LogP contribution is 2.18. The molecular weight excluding hydrogens is 192 g/mol. The molecule has 0 aliphatic heterocycles. The third-order valence-corrected chi connectivity index (χ3v) is 1.98. The number of aromatic nitrogens is 4. The third kappa shape index (κ3) is 1.96. The Morgan fingerprint density at radius 3 is 2.60 bits per heavy atom. The van der Waals surface area contributed by atoms with E-state index in [9.17, 15) is 0 Å². The molecule has 5 heteroatoms. The Bertz CT molecular complexity index is 478. The second-order valence-electron chi connectivity index (χ2n) is 3.32. The molecule has 5 nitrogen and oxygen atoms in total. The van der Waals surface area contributed by atoms with E-state index in [1.807, 2.05) is 26.0 Å². The second kappa shape index (κ2) is 3.68. The molecule has 0 unspecified atom stereocenters. The van der Waals surface area contributed by atoms with Gasteiger partial charge in [-0.25, -0.2) is 9.97 Å². The Hall–Kier alpha value is -1.91. The molecule has 2 aromatic heterocycles. The molecule has 2 aromatic rings. The summed E-state index contributed by atoms with van der Waals surface area (Å²) >= 11 is 0. The zero-order valence-electron chi connectivity index (χ0n) is 8.90. The van der Waals surface area contributed by atoms with Gasteiger partial charge in [0.15, 0.2) is 5.82 Å². The van der Waals surface area contributed by atoms with Gasteiger partial charge in [0, 0.05) is 6.07 Å². The Kier molecular flexibility index (Phi) is 2.37. The van der Waals surface area contributed by atoms with Crippen molar-refractivity contribution in [1.82, 2.24) is 20.2 Å². The first kappa shape index (κ1) is 9.64. The Labute approximate surface area is 87.5 Å². The van der Waals surface area contributed by atoms with Crippen LogP contribution in [0.3, 0.4) is 0 Å². The van der Waals surface area contributed by atoms with Crippen LogP contribution < -0.4 is 4.74 Å². The molecule has 2 heterocycles. The lowest BCUT2D eigenvalue weighted by atomic mass is 10.2. The van der Waals surface area contributed by atoms with Crippen LogP contribution in [0.5, 0.6) is 5.88 Å². The molecule has 0 aromatic carbocycles. The summed E-state index contributed by atoms with van der Waals surface area (Å²) in [6, 6.07) is 3.79. The summed E-state index contributed by atoms with van der Waals surface area (Å²) in [7, 11) is 1.59. The molecule has 1 N–H and O–H groups in total. The van der Waals surface area contributed by atoms with Crippen LogP contribution in [0.15, 0.2) is 12.1 Å². The fourth-order valence-corrected chi connectivity index (χ4v) is 1.31. The maximum Gasteiger partial charge on any atom is 0.213 e. The minimum absolute atomic E-state index is 0.576. The number of hydrogen-bond acceptors (Lipinski definition) is 4. The molecule has 0 amide bonds. The molecule has 2 rings (SSSR count). The van der Waals surface area contributed by atoms with Crippen LogP contribution in [0.4, 0.5) is 0 Å². The van der Waals surface area contributed by atoms with Crippen molar-refractivity contribution in [1.29, 1.82) is 0 Å². The number of aryl methyl sites for hydroxylation is 2. The largest absolute Gasteiger partial charge is 0.481 e. The molecule has 0 saturated heterocycles. The van der Waals surface area contributed by atoms with Gasteiger partial charge in [-0.2, -0.15) is 5.10 Å². The number of methoxy groups -OCH3 is 1. The van der Waals surface area contributed by atoms with Gasteiger partial charge >= 0.3 is 0 Å². The van der Waals surface area contributed by atoms with E-state index >= 15 is 0 Å². The Balaban J connectivity index is 2.48. The predicted molar refractivity (Wildman–Crippen MR) is 55.6 cm³/mol. The average Bonchev–Trinajstić information content (AvgIpc) is 2.64. The second-order valence-corrected chi connectivity index (χ2v) is 3.32. The van der Waals surface area contributed by atoms with Crippen molar-refractivity contribution < 1.29 is 4.74 Å². The Morgan fingerprint density at radius 2 is 2.00 bits per heavy atom. The van der Waals surface area contributed by atoms with Crippen molar-refractivity contribution in [3.8, 4) is 17.4 Å². The van der Waals surface area contributed by atoms with E-state index in [-0.39, 0.29) is 0 Å². The standard InChI is InChI=1S/C10H12N4O/c1-6-4-8(12-9(5-6)15-3)10-11-7(2)13-14-10/h4-5H,1-3H3,(H,11,13,14). The van der Waals surface area contributed by atoms with Crippen LogP contribution in [-0.4, -0.2) is 27.3 Å². The van der Waals surface area contributed by atoms with E-state index in [2.05, 4.69) is 20.2 Å². The van der Waals surface area contributed by atoms with Gasteiger partial charge in [0.05, 0.1) is 7.11 Å². The first-order chi connectivity index (χ1) is 7.19. The molecule has 78 valence electrons. The quantitative estimate of drug-likeness (QED) is 0.805. The number of rotatable bonds is 2. The van der Waals surface area contributed by atoms with Gasteiger partial charge in [-0.05, 0) is 25.5 Å². The summed E-state index contributed by atoms with van der Waals surface area (Å²) in [6.07, 6.45) is 0. The molecule has 0 spiro atoms. The number of ether oxygens (including phenoxy) is 1. The van der Waals surface area contributed by atoms with Crippen LogP contribution in [0.2, 0.25) is 0 Å². The molecule has 0 saturated carbocycles. The summed E-state index contributed by atoms with van der Waals surface area (Å²) in [6.45, 7) is 3.83. The van der Waals surface area contributed by atoms with Crippen molar-refractivity contribution in [2.24, 2.45) is 0 Å². The van der Waals surface area contributed by atoms with Crippen molar-refractivity contribution in [2.75, 3.05) is 7.11 Å². The lowest BCUT2D eigenvalue weighted by Crippen LogP contribution is -1.92. The van der Waals surface area contributed by atoms with E-state index < -0.39 is 0 Å². The van der Waals surface area contributed by atoms with Gasteiger partial charge in [0.1, 0.15) is 11.5 Å². The van der Waals surface area contributed by atoms with E-state index in [0.717, 1.165) is 17.1 Å². The van der Waals surface area contributed by atoms with Crippen LogP contribution in [0, 0.1) is 13.8 Å². The predicted octanol–water partition coefficient (Wildman–Crippen LogP) is 1.49. The molecule has 0 aliphatic rings. The van der Waals surface area contributed by atoms with E-state index in [1.165, 1.54) is 0 Å². The highest BCUT2D eigenvalue weighted by atomic mass is 16.5. The minimum atomic E-state index is 0.576. The van der Waals surface area contributed by atoms with Crippen LogP contribution >= 0.6 is 0 Å². The molecule has 0 fully saturated rings. The smallest absolute Gasteiger partial charge is 0.213 e. The highest BCUT2D eigenvalue weighted by Gasteiger charge is 2.07. The van der Waals surface area contributed by atoms with E-state index in [0.29, 0.717) is 11.7 Å². The topological polar surface area (TPSA) is 63.7 Å². The first-order valence-corrected chi connectivity index (χ1v) is 4.61. The monoisotopic (exact) mass is 204 g/mol. The summed E-state index contributed by atoms with van der Waals surface area (Å²) in [5.74, 6) is 1.94. The van der Waals surface area contributed by atoms with Gasteiger partial charge in [-0.3, -0.25) is 5.10 Å². The summed E-state index contributed by atoms with van der Waals surface area (Å²) in [5, 5.41) is 6.83. The molecule has 15 heavy (non-hydrogen) atoms. The lowest BCUT2D eigenvalue weighted by molar-refractivity contribution is 0.398. The van der Waals surface area contributed by atoms with Gasteiger partial charge in [-0.15, -0.1) is 0 Å². The number of hydrogen-bond donors (Lipinski definition) is 1. The van der Waals surface area contributed by atoms with E-state index in [1.54, 1.807) is 7.11 Å². The maximum absolute atomic E-state index is 5.09. The van der Waals surface area contributed by atoms with E-state index in [4.69, 9.17) is 4.74 Å². The number of pyridine rings is 1. The SMILES string of the molecule is COc1cc(C)cc(-c2n[nH]c(C)n2)n1. The fourth-order valence-electron chi connectivity index (χ4n) is 1.31. The van der Waals surface area contributed by atoms with Crippen molar-refractivity contribution >= 4 is 0 Å². The van der Waals surface area contributed by atoms with Gasteiger partial charge in [-0.1, -0.05) is 0 Å². The molecular formula is C10H12N4O. The van der Waals surface area contributed by atoms with Crippen LogP contribution in [0.25, 0.3) is 11.5 Å². The van der Waals surface area contributed by atoms with Crippen molar-refractivity contribution in [2.45, 2.75) is 13.8 Å². The van der Waals surface area contributed by atoms with Crippen molar-refractivity contribution in [3.05, 3.63) is 23.5 Å². The molecule has 0 radical (unpaired) electrons. The lowest BCUT2D eigenvalue weighted by Gasteiger charge is -2.02. The Morgan fingerprint density at radius 1 is 1.20 bits per heavy atom. The molecule has 0 atom stereocenters. The summed E-state index contributed by atoms with van der Waals surface area (Å²) in [4.78, 5) is 8.48. The number of nitrogens with zero attached hydrogens (tertiary/aromatic N) is 3. The maximum atomic E-state index is 5.09. The molecule has 0 aliphatic carbocycles. The summed E-state index contributed by atoms with van der Waals surface area (Å²) in [5.41, 5.74) is 1.79. The van der Waals surface area contributed by atoms with Gasteiger partial charge < -0.3 is 4.74 Å². The summed E-state index contributed by atoms with van der Waals surface area (Å²) < 4.78 is 5.09. The zero-order chi connectivity index (χ0) is 10.8. The first-order valence-electron chi connectivity index (χ1n) is 4.61. The van der Waals surface area contributed by atoms with Crippen LogP contribution in [0.1, 0.15) is 11.4 Å². The average molecular weight is 204 g/mol. The van der Waals surface area contributed by atoms with Crippen LogP contribution in [-0.2, 0) is 0 Å². The fraction of sp³-hybridized carbons (Fsp3) is 0.300. The molecule has 0 bridgehead atoms. The normalized spacial score (nSPS) is 10.3. The van der Waals surface area contributed by atoms with Gasteiger partial charge in [0.25, 0.3) is 0 Å². The third-order valence-electron chi connectivity index (χ3n) is 1.98. The number of H-pyrrole nitrogens is 1. The highest BCUT2D eigenvalue weighted by molar-refractivity contribution is 5.51. The van der Waals surface area contributed by atoms with Gasteiger partial charge in [0.2, 0.25) is 5.88 Å². The number of aromatic amines is 1. The zero-order valence-corrected chi connectivity index (χ0v) is 8.90.